The summed E-state index contributed by atoms with van der Waals surface area (Å²) in [5.74, 6) is -0.327. The Balaban J connectivity index is 2.45. The van der Waals surface area contributed by atoms with Crippen molar-refractivity contribution < 1.29 is 28.6 Å². The summed E-state index contributed by atoms with van der Waals surface area (Å²) in [6.07, 6.45) is 37.6. The third-order valence-corrected chi connectivity index (χ3v) is 12.2. The van der Waals surface area contributed by atoms with Gasteiger partial charge in [-0.3, -0.25) is 14.4 Å². The van der Waals surface area contributed by atoms with Crippen LogP contribution in [0.15, 0.2) is 24.3 Å². The molecule has 62 heavy (non-hydrogen) atoms. The average molecular weight is 912 g/mol. The number of nitrogens with zero attached hydrogens (tertiary/aromatic N) is 1. The van der Waals surface area contributed by atoms with Gasteiger partial charge in [-0.1, -0.05) is 206 Å². The number of rotatable bonds is 45. The lowest BCUT2D eigenvalue weighted by Gasteiger charge is -2.23. The molecule has 0 bridgehead atoms. The van der Waals surface area contributed by atoms with E-state index in [9.17, 15) is 14.4 Å². The van der Waals surface area contributed by atoms with E-state index in [-0.39, 0.29) is 38.0 Å². The van der Waals surface area contributed by atoms with Crippen LogP contribution in [0.4, 0.5) is 5.69 Å². The first-order valence-electron chi connectivity index (χ1n) is 25.6. The van der Waals surface area contributed by atoms with Crippen LogP contribution in [0.1, 0.15) is 225 Å². The molecule has 2 N–H and O–H groups in total. The van der Waals surface area contributed by atoms with E-state index in [4.69, 9.17) is 43.1 Å². The van der Waals surface area contributed by atoms with Crippen LogP contribution < -0.4 is 10.6 Å². The molecule has 0 radical (unpaired) electrons. The number of halogens is 2. The Morgan fingerprint density at radius 2 is 0.871 bits per heavy atom. The van der Waals surface area contributed by atoms with Crippen LogP contribution in [0, 0.1) is 0 Å². The number of esters is 3. The summed E-state index contributed by atoms with van der Waals surface area (Å²) in [5.41, 5.74) is 8.14. The Bertz CT molecular complexity index is 1180. The zero-order chi connectivity index (χ0) is 45.1. The highest BCUT2D eigenvalue weighted by molar-refractivity contribution is 6.18. The quantitative estimate of drug-likeness (QED) is 0.0298. The monoisotopic (exact) mass is 911 g/mol. The van der Waals surface area contributed by atoms with Crippen molar-refractivity contribution in [2.75, 3.05) is 43.0 Å². The normalized spacial score (nSPS) is 12.3. The van der Waals surface area contributed by atoms with Gasteiger partial charge in [0.2, 0.25) is 0 Å². The lowest BCUT2D eigenvalue weighted by atomic mass is 10.0. The van der Waals surface area contributed by atoms with E-state index in [1.807, 2.05) is 24.3 Å². The first-order valence-corrected chi connectivity index (χ1v) is 26.6. The Kier molecular flexibility index (Phi) is 40.1. The number of carbonyl (C=O) groups is 3. The van der Waals surface area contributed by atoms with E-state index in [1.54, 1.807) is 0 Å². The summed E-state index contributed by atoms with van der Waals surface area (Å²) >= 11 is 11.9. The molecule has 0 amide bonds. The van der Waals surface area contributed by atoms with Gasteiger partial charge in [0.25, 0.3) is 0 Å². The molecular formula is C52H92Cl2N2O6. The summed E-state index contributed by atoms with van der Waals surface area (Å²) in [5, 5.41) is 0. The second kappa shape index (κ2) is 42.9. The number of unbranched alkanes of at least 4 members (excludes halogenated alkanes) is 28. The molecule has 0 spiro atoms. The van der Waals surface area contributed by atoms with Crippen LogP contribution in [0.5, 0.6) is 0 Å². The number of carbonyl (C=O) groups excluding carboxylic acids is 3. The van der Waals surface area contributed by atoms with Crippen molar-refractivity contribution in [1.82, 2.24) is 0 Å². The minimum Gasteiger partial charge on any atom is -0.462 e. The summed E-state index contributed by atoms with van der Waals surface area (Å²) in [6.45, 7) is 5.50. The lowest BCUT2D eigenvalue weighted by molar-refractivity contribution is -0.167. The van der Waals surface area contributed by atoms with E-state index in [0.717, 1.165) is 49.8 Å². The van der Waals surface area contributed by atoms with Gasteiger partial charge in [-0.25, -0.2) is 0 Å². The predicted molar refractivity (Wildman–Crippen MR) is 263 cm³/mol. The largest absolute Gasteiger partial charge is 0.462 e. The molecule has 1 aromatic rings. The number of anilines is 1. The van der Waals surface area contributed by atoms with Gasteiger partial charge >= 0.3 is 17.9 Å². The number of nitrogens with two attached hydrogens (primary N) is 1. The molecule has 10 heteroatoms. The Morgan fingerprint density at radius 1 is 0.516 bits per heavy atom. The smallest absolute Gasteiger partial charge is 0.323 e. The molecular weight excluding hydrogens is 819 g/mol. The van der Waals surface area contributed by atoms with Crippen LogP contribution in [-0.4, -0.2) is 68.1 Å². The van der Waals surface area contributed by atoms with Crippen LogP contribution in [-0.2, 0) is 35.0 Å². The highest BCUT2D eigenvalue weighted by Gasteiger charge is 2.22. The van der Waals surface area contributed by atoms with E-state index >= 15 is 0 Å². The fourth-order valence-corrected chi connectivity index (χ4v) is 8.34. The third-order valence-electron chi connectivity index (χ3n) is 11.9. The van der Waals surface area contributed by atoms with Gasteiger partial charge in [-0.2, -0.15) is 0 Å². The minimum absolute atomic E-state index is 0.159. The maximum Gasteiger partial charge on any atom is 0.323 e. The summed E-state index contributed by atoms with van der Waals surface area (Å²) in [6, 6.07) is 6.88. The number of alkyl halides is 2. The molecule has 360 valence electrons. The molecule has 0 aliphatic rings. The van der Waals surface area contributed by atoms with Crippen LogP contribution in [0.3, 0.4) is 0 Å². The van der Waals surface area contributed by atoms with Gasteiger partial charge in [0, 0.05) is 43.4 Å². The second-order valence-electron chi connectivity index (χ2n) is 17.7. The molecule has 0 fully saturated rings. The summed E-state index contributed by atoms with van der Waals surface area (Å²) < 4.78 is 16.8. The topological polar surface area (TPSA) is 108 Å². The van der Waals surface area contributed by atoms with Crippen molar-refractivity contribution in [3.05, 3.63) is 29.8 Å². The van der Waals surface area contributed by atoms with Crippen LogP contribution in [0.2, 0.25) is 0 Å². The number of hydrogen-bond acceptors (Lipinski definition) is 8. The molecule has 0 saturated carbocycles. The van der Waals surface area contributed by atoms with E-state index in [0.29, 0.717) is 31.3 Å². The Morgan fingerprint density at radius 3 is 1.26 bits per heavy atom. The van der Waals surface area contributed by atoms with Crippen LogP contribution in [0.25, 0.3) is 0 Å². The Hall–Kier alpha value is -2.03. The molecule has 0 heterocycles. The predicted octanol–water partition coefficient (Wildman–Crippen LogP) is 14.4. The zero-order valence-corrected chi connectivity index (χ0v) is 41.3. The van der Waals surface area contributed by atoms with Crippen molar-refractivity contribution >= 4 is 46.8 Å². The highest BCUT2D eigenvalue weighted by atomic mass is 35.5. The molecule has 1 rings (SSSR count). The van der Waals surface area contributed by atoms with Crippen molar-refractivity contribution in [2.45, 2.75) is 238 Å². The zero-order valence-electron chi connectivity index (χ0n) is 39.8. The molecule has 1 unspecified atom stereocenters. The van der Waals surface area contributed by atoms with Crippen molar-refractivity contribution in [1.29, 1.82) is 0 Å². The molecule has 0 aliphatic carbocycles. The fraction of sp³-hybridized carbons (Fsp3) is 0.827. The maximum absolute atomic E-state index is 13.0. The van der Waals surface area contributed by atoms with E-state index in [2.05, 4.69) is 18.7 Å². The highest BCUT2D eigenvalue weighted by Crippen LogP contribution is 2.18. The third kappa shape index (κ3) is 34.4. The van der Waals surface area contributed by atoms with Crippen LogP contribution >= 0.6 is 23.2 Å². The number of hydrogen-bond donors (Lipinski definition) is 1. The van der Waals surface area contributed by atoms with Gasteiger partial charge in [0.05, 0.1) is 0 Å². The number of ether oxygens (including phenoxy) is 3. The number of benzene rings is 1. The fourth-order valence-electron chi connectivity index (χ4n) is 7.94. The SMILES string of the molecule is CCCCCCCCCCCCCCCCCC(=O)OCC(COC(=O)[C@@H](N)Cc1ccc(N(CCCl)CCCl)cc1)OC(=O)CCCCCCCCCCCCCCCCC. The van der Waals surface area contributed by atoms with E-state index in [1.165, 1.54) is 154 Å². The van der Waals surface area contributed by atoms with Gasteiger partial charge in [0.15, 0.2) is 6.10 Å². The first kappa shape index (κ1) is 58.0. The Labute approximate surface area is 390 Å². The van der Waals surface area contributed by atoms with Gasteiger partial charge < -0.3 is 24.8 Å². The van der Waals surface area contributed by atoms with Crippen molar-refractivity contribution in [3.8, 4) is 0 Å². The van der Waals surface area contributed by atoms with Gasteiger partial charge in [-0.15, -0.1) is 23.2 Å². The van der Waals surface area contributed by atoms with Gasteiger partial charge in [-0.05, 0) is 37.0 Å². The average Bonchev–Trinajstić information content (AvgIpc) is 3.27. The lowest BCUT2D eigenvalue weighted by Crippen LogP contribution is -2.38. The maximum atomic E-state index is 13.0. The summed E-state index contributed by atoms with van der Waals surface area (Å²) in [7, 11) is 0. The minimum atomic E-state index is -0.910. The molecule has 8 nitrogen and oxygen atoms in total. The van der Waals surface area contributed by atoms with E-state index < -0.39 is 18.1 Å². The van der Waals surface area contributed by atoms with Crippen molar-refractivity contribution in [2.24, 2.45) is 5.73 Å². The molecule has 0 saturated heterocycles. The van der Waals surface area contributed by atoms with Gasteiger partial charge in [0.1, 0.15) is 19.3 Å². The molecule has 0 aliphatic heterocycles. The summed E-state index contributed by atoms with van der Waals surface area (Å²) in [4.78, 5) is 40.7. The van der Waals surface area contributed by atoms with Crippen molar-refractivity contribution in [3.63, 3.8) is 0 Å². The molecule has 1 aromatic carbocycles. The first-order chi connectivity index (χ1) is 30.3. The second-order valence-corrected chi connectivity index (χ2v) is 18.4. The molecule has 0 aromatic heterocycles. The molecule has 2 atom stereocenters. The standard InChI is InChI=1S/C52H92Cl2N2O6/c1-3-5-7-9-11-13-15-17-19-21-23-25-27-29-31-33-50(57)60-44-48(62-51(58)34-32-30-28-26-24-22-20-18-16-14-12-10-8-6-4-2)45-61-52(59)49(55)43-46-35-37-47(38-36-46)56(41-39-53)42-40-54/h35-38,48-49H,3-34,39-45,55H2,1-2H3/t48?,49-/m0/s1.